The molecule has 0 aromatic heterocycles. The Balaban J connectivity index is 1.98. The molecule has 1 fully saturated rings. The van der Waals surface area contributed by atoms with E-state index in [2.05, 4.69) is 4.72 Å². The highest BCUT2D eigenvalue weighted by Gasteiger charge is 2.42. The van der Waals surface area contributed by atoms with Gasteiger partial charge in [0.05, 0.1) is 4.90 Å². The zero-order valence-corrected chi connectivity index (χ0v) is 13.3. The summed E-state index contributed by atoms with van der Waals surface area (Å²) in [5.74, 6) is 0. The van der Waals surface area contributed by atoms with Crippen LogP contribution in [0.15, 0.2) is 29.2 Å². The van der Waals surface area contributed by atoms with E-state index in [1.54, 1.807) is 23.9 Å². The van der Waals surface area contributed by atoms with E-state index in [1.807, 2.05) is 18.4 Å². The number of hydrogen-bond acceptors (Lipinski definition) is 4. The van der Waals surface area contributed by atoms with Crippen LogP contribution in [-0.4, -0.2) is 37.7 Å². The maximum Gasteiger partial charge on any atom is 0.240 e. The SMILES string of the molecule is CSC1(CNS(=O)(=O)c2ccc(CCCO)cc2)CC1. The van der Waals surface area contributed by atoms with E-state index < -0.39 is 10.0 Å². The lowest BCUT2D eigenvalue weighted by Gasteiger charge is -2.13. The van der Waals surface area contributed by atoms with Gasteiger partial charge in [0, 0.05) is 17.9 Å². The number of aliphatic hydroxyl groups is 1. The fourth-order valence-electron chi connectivity index (χ4n) is 2.02. The molecule has 6 heteroatoms. The molecule has 1 aliphatic rings. The Hall–Kier alpha value is -0.560. The third kappa shape index (κ3) is 3.97. The quantitative estimate of drug-likeness (QED) is 0.767. The van der Waals surface area contributed by atoms with Gasteiger partial charge in [0.2, 0.25) is 10.0 Å². The standard InChI is InChI=1S/C14H21NO3S2/c1-19-14(8-9-14)11-15-20(17,18)13-6-4-12(5-7-13)3-2-10-16/h4-7,15-16H,2-3,8-11H2,1H3. The topological polar surface area (TPSA) is 66.4 Å². The van der Waals surface area contributed by atoms with E-state index in [1.165, 1.54) is 0 Å². The number of nitrogens with one attached hydrogen (secondary N) is 1. The first-order valence-electron chi connectivity index (χ1n) is 6.76. The van der Waals surface area contributed by atoms with Crippen molar-refractivity contribution in [2.45, 2.75) is 35.3 Å². The molecule has 1 aromatic rings. The van der Waals surface area contributed by atoms with Crippen LogP contribution in [0.3, 0.4) is 0 Å². The van der Waals surface area contributed by atoms with Gasteiger partial charge >= 0.3 is 0 Å². The molecule has 4 nitrogen and oxygen atoms in total. The summed E-state index contributed by atoms with van der Waals surface area (Å²) < 4.78 is 27.2. The number of sulfonamides is 1. The molecule has 0 saturated heterocycles. The number of benzene rings is 1. The Morgan fingerprint density at radius 1 is 1.30 bits per heavy atom. The summed E-state index contributed by atoms with van der Waals surface area (Å²) in [4.78, 5) is 0.308. The van der Waals surface area contributed by atoms with E-state index in [0.717, 1.165) is 24.8 Å². The number of thioether (sulfide) groups is 1. The molecule has 1 saturated carbocycles. The average Bonchev–Trinajstić information content (AvgIpc) is 3.24. The predicted molar refractivity (Wildman–Crippen MR) is 82.5 cm³/mol. The molecule has 2 N–H and O–H groups in total. The Bertz CT molecular complexity index is 536. The van der Waals surface area contributed by atoms with Crippen molar-refractivity contribution in [1.29, 1.82) is 0 Å². The van der Waals surface area contributed by atoms with Gasteiger partial charge in [0.1, 0.15) is 0 Å². The first-order valence-corrected chi connectivity index (χ1v) is 9.47. The van der Waals surface area contributed by atoms with Crippen LogP contribution in [0.1, 0.15) is 24.8 Å². The number of hydrogen-bond donors (Lipinski definition) is 2. The van der Waals surface area contributed by atoms with E-state index in [9.17, 15) is 8.42 Å². The minimum atomic E-state index is -3.41. The van der Waals surface area contributed by atoms with Crippen molar-refractivity contribution < 1.29 is 13.5 Å². The van der Waals surface area contributed by atoms with Gasteiger partial charge in [-0.2, -0.15) is 11.8 Å². The Labute approximate surface area is 125 Å². The summed E-state index contributed by atoms with van der Waals surface area (Å²) in [6.45, 7) is 0.654. The predicted octanol–water partition coefficient (Wildman–Crippen LogP) is 1.79. The van der Waals surface area contributed by atoms with Crippen LogP contribution in [0.2, 0.25) is 0 Å². The van der Waals surface area contributed by atoms with Gasteiger partial charge in [0.25, 0.3) is 0 Å². The van der Waals surface area contributed by atoms with Crippen molar-refractivity contribution in [2.24, 2.45) is 0 Å². The minimum Gasteiger partial charge on any atom is -0.396 e. The Morgan fingerprint density at radius 2 is 1.95 bits per heavy atom. The highest BCUT2D eigenvalue weighted by molar-refractivity contribution is 8.00. The molecule has 1 aromatic carbocycles. The fourth-order valence-corrected chi connectivity index (χ4v) is 3.97. The fraction of sp³-hybridized carbons (Fsp3) is 0.571. The lowest BCUT2D eigenvalue weighted by Crippen LogP contribution is -2.31. The summed E-state index contributed by atoms with van der Waals surface area (Å²) in [6.07, 6.45) is 5.64. The highest BCUT2D eigenvalue weighted by Crippen LogP contribution is 2.46. The van der Waals surface area contributed by atoms with Gasteiger partial charge in [-0.15, -0.1) is 0 Å². The summed E-state index contributed by atoms with van der Waals surface area (Å²) in [7, 11) is -3.41. The van der Waals surface area contributed by atoms with Crippen LogP contribution in [0, 0.1) is 0 Å². The molecule has 0 amide bonds. The van der Waals surface area contributed by atoms with Gasteiger partial charge in [-0.25, -0.2) is 13.1 Å². The van der Waals surface area contributed by atoms with Crippen LogP contribution in [0.25, 0.3) is 0 Å². The van der Waals surface area contributed by atoms with Crippen molar-refractivity contribution in [2.75, 3.05) is 19.4 Å². The van der Waals surface area contributed by atoms with Crippen molar-refractivity contribution in [1.82, 2.24) is 4.72 Å². The van der Waals surface area contributed by atoms with Crippen LogP contribution in [-0.2, 0) is 16.4 Å². The van der Waals surface area contributed by atoms with Crippen LogP contribution >= 0.6 is 11.8 Å². The molecule has 0 bridgehead atoms. The lowest BCUT2D eigenvalue weighted by atomic mass is 10.1. The molecular weight excluding hydrogens is 294 g/mol. The second-order valence-corrected chi connectivity index (χ2v) is 8.22. The molecule has 0 spiro atoms. The molecule has 0 unspecified atom stereocenters. The van der Waals surface area contributed by atoms with Crippen LogP contribution in [0.4, 0.5) is 0 Å². The normalized spacial score (nSPS) is 17.1. The number of aryl methyl sites for hydroxylation is 1. The molecule has 112 valence electrons. The van der Waals surface area contributed by atoms with E-state index in [4.69, 9.17) is 5.11 Å². The maximum absolute atomic E-state index is 12.2. The first-order chi connectivity index (χ1) is 9.51. The van der Waals surface area contributed by atoms with Crippen molar-refractivity contribution in [3.05, 3.63) is 29.8 Å². The second kappa shape index (κ2) is 6.47. The van der Waals surface area contributed by atoms with E-state index >= 15 is 0 Å². The Kier molecular flexibility index (Phi) is 5.12. The second-order valence-electron chi connectivity index (χ2n) is 5.18. The monoisotopic (exact) mass is 315 g/mol. The maximum atomic E-state index is 12.2. The largest absolute Gasteiger partial charge is 0.396 e. The number of aliphatic hydroxyl groups excluding tert-OH is 1. The molecule has 20 heavy (non-hydrogen) atoms. The molecule has 1 aliphatic carbocycles. The molecule has 0 radical (unpaired) electrons. The first kappa shape index (κ1) is 15.8. The third-order valence-corrected chi connectivity index (χ3v) is 6.52. The highest BCUT2D eigenvalue weighted by atomic mass is 32.2. The van der Waals surface area contributed by atoms with Gasteiger partial charge in [-0.1, -0.05) is 12.1 Å². The minimum absolute atomic E-state index is 0.119. The van der Waals surface area contributed by atoms with Crippen molar-refractivity contribution >= 4 is 21.8 Å². The van der Waals surface area contributed by atoms with Crippen LogP contribution < -0.4 is 4.72 Å². The van der Waals surface area contributed by atoms with E-state index in [0.29, 0.717) is 17.9 Å². The van der Waals surface area contributed by atoms with Crippen molar-refractivity contribution in [3.8, 4) is 0 Å². The van der Waals surface area contributed by atoms with Gasteiger partial charge in [0.15, 0.2) is 0 Å². The summed E-state index contributed by atoms with van der Waals surface area (Å²) in [5, 5.41) is 8.78. The zero-order valence-electron chi connectivity index (χ0n) is 11.6. The van der Waals surface area contributed by atoms with Gasteiger partial charge in [-0.05, 0) is 49.6 Å². The zero-order chi connectivity index (χ0) is 14.6. The van der Waals surface area contributed by atoms with Gasteiger partial charge in [-0.3, -0.25) is 0 Å². The molecule has 0 atom stereocenters. The number of rotatable bonds is 8. The van der Waals surface area contributed by atoms with Gasteiger partial charge < -0.3 is 5.11 Å². The average molecular weight is 315 g/mol. The smallest absolute Gasteiger partial charge is 0.240 e. The summed E-state index contributed by atoms with van der Waals surface area (Å²) in [6, 6.07) is 6.89. The molecular formula is C14H21NO3S2. The van der Waals surface area contributed by atoms with Crippen molar-refractivity contribution in [3.63, 3.8) is 0 Å². The van der Waals surface area contributed by atoms with E-state index in [-0.39, 0.29) is 11.4 Å². The molecule has 0 heterocycles. The summed E-state index contributed by atoms with van der Waals surface area (Å²) in [5.41, 5.74) is 1.04. The molecule has 2 rings (SSSR count). The summed E-state index contributed by atoms with van der Waals surface area (Å²) >= 11 is 1.73. The molecule has 0 aliphatic heterocycles. The lowest BCUT2D eigenvalue weighted by molar-refractivity contribution is 0.288. The third-order valence-electron chi connectivity index (χ3n) is 3.68. The van der Waals surface area contributed by atoms with Crippen LogP contribution in [0.5, 0.6) is 0 Å². The Morgan fingerprint density at radius 3 is 2.45 bits per heavy atom.